The molecule has 0 aromatic heterocycles. The maximum Gasteiger partial charge on any atom is 0.241 e. The van der Waals surface area contributed by atoms with Crippen molar-refractivity contribution in [3.63, 3.8) is 0 Å². The van der Waals surface area contributed by atoms with Gasteiger partial charge < -0.3 is 15.7 Å². The molecule has 2 aliphatic rings. The molecule has 3 N–H and O–H groups in total. The summed E-state index contributed by atoms with van der Waals surface area (Å²) in [6.45, 7) is 0.879. The molecule has 0 aromatic rings. The summed E-state index contributed by atoms with van der Waals surface area (Å²) in [6, 6.07) is -0.0164. The van der Waals surface area contributed by atoms with Gasteiger partial charge in [-0.2, -0.15) is 0 Å². The van der Waals surface area contributed by atoms with E-state index < -0.39 is 0 Å². The zero-order valence-electron chi connectivity index (χ0n) is 7.65. The number of carbonyl (C=O) groups excluding carboxylic acids is 1. The lowest BCUT2D eigenvalue weighted by Crippen LogP contribution is -2.64. The third-order valence-electron chi connectivity index (χ3n) is 3.25. The maximum atomic E-state index is 11.3. The van der Waals surface area contributed by atoms with E-state index >= 15 is 0 Å². The highest BCUT2D eigenvalue weighted by atomic mass is 16.3. The quantitative estimate of drug-likeness (QED) is 0.559. The van der Waals surface area contributed by atoms with Gasteiger partial charge in [0.05, 0.1) is 0 Å². The van der Waals surface area contributed by atoms with E-state index in [1.165, 1.54) is 0 Å². The minimum absolute atomic E-state index is 0.0605. The topological polar surface area (TPSA) is 66.6 Å². The average molecular weight is 184 g/mol. The first-order valence-electron chi connectivity index (χ1n) is 4.91. The van der Waals surface area contributed by atoms with Crippen molar-refractivity contribution in [1.29, 1.82) is 0 Å². The van der Waals surface area contributed by atoms with Gasteiger partial charge in [-0.05, 0) is 12.8 Å². The lowest BCUT2D eigenvalue weighted by molar-refractivity contribution is -0.147. The minimum Gasteiger partial charge on any atom is -0.396 e. The van der Waals surface area contributed by atoms with Gasteiger partial charge in [-0.25, -0.2) is 0 Å². The van der Waals surface area contributed by atoms with Crippen molar-refractivity contribution in [2.45, 2.75) is 31.3 Å². The van der Waals surface area contributed by atoms with Gasteiger partial charge in [0.15, 0.2) is 0 Å². The fourth-order valence-electron chi connectivity index (χ4n) is 2.42. The van der Waals surface area contributed by atoms with E-state index in [1.54, 1.807) is 0 Å². The van der Waals surface area contributed by atoms with Crippen molar-refractivity contribution in [2.24, 2.45) is 11.7 Å². The van der Waals surface area contributed by atoms with E-state index in [0.29, 0.717) is 6.54 Å². The van der Waals surface area contributed by atoms with Crippen molar-refractivity contribution < 1.29 is 9.90 Å². The number of β-lactam (4-membered cyclic amide) rings is 1. The van der Waals surface area contributed by atoms with Gasteiger partial charge >= 0.3 is 0 Å². The van der Waals surface area contributed by atoms with Gasteiger partial charge in [-0.15, -0.1) is 0 Å². The van der Waals surface area contributed by atoms with E-state index in [9.17, 15) is 4.79 Å². The molecule has 0 bridgehead atoms. The van der Waals surface area contributed by atoms with E-state index in [-0.39, 0.29) is 30.5 Å². The number of aliphatic hydroxyl groups excluding tert-OH is 1. The van der Waals surface area contributed by atoms with Crippen molar-refractivity contribution in [3.05, 3.63) is 0 Å². The van der Waals surface area contributed by atoms with Crippen LogP contribution in [0.4, 0.5) is 0 Å². The van der Waals surface area contributed by atoms with Gasteiger partial charge in [0.2, 0.25) is 5.91 Å². The molecule has 1 amide bonds. The van der Waals surface area contributed by atoms with E-state index in [4.69, 9.17) is 10.8 Å². The average Bonchev–Trinajstić information content (AvgIpc) is 2.60. The second kappa shape index (κ2) is 3.27. The summed E-state index contributed by atoms with van der Waals surface area (Å²) in [7, 11) is 0. The van der Waals surface area contributed by atoms with E-state index in [0.717, 1.165) is 19.3 Å². The van der Waals surface area contributed by atoms with Crippen LogP contribution in [0.2, 0.25) is 0 Å². The molecule has 2 fully saturated rings. The van der Waals surface area contributed by atoms with Crippen molar-refractivity contribution in [1.82, 2.24) is 4.90 Å². The lowest BCUT2D eigenvalue weighted by atomic mass is 9.97. The fourth-order valence-corrected chi connectivity index (χ4v) is 2.42. The SMILES string of the molecule is NC1CN([C@@H]2CCC[C@@H]2CO)C1=O. The highest BCUT2D eigenvalue weighted by Gasteiger charge is 2.42. The van der Waals surface area contributed by atoms with Crippen molar-refractivity contribution in [3.8, 4) is 0 Å². The normalized spacial score (nSPS) is 39.4. The van der Waals surface area contributed by atoms with Crippen LogP contribution in [-0.4, -0.2) is 41.1 Å². The van der Waals surface area contributed by atoms with Crippen LogP contribution >= 0.6 is 0 Å². The molecule has 0 spiro atoms. The smallest absolute Gasteiger partial charge is 0.241 e. The van der Waals surface area contributed by atoms with Crippen molar-refractivity contribution >= 4 is 5.91 Å². The molecular formula is C9H16N2O2. The van der Waals surface area contributed by atoms with E-state index in [2.05, 4.69) is 0 Å². The third-order valence-corrected chi connectivity index (χ3v) is 3.25. The molecule has 2 rings (SSSR count). The van der Waals surface area contributed by atoms with Crippen LogP contribution in [0, 0.1) is 5.92 Å². The molecule has 1 aliphatic heterocycles. The van der Waals surface area contributed by atoms with Crippen molar-refractivity contribution in [2.75, 3.05) is 13.2 Å². The Bertz CT molecular complexity index is 220. The Hall–Kier alpha value is -0.610. The monoisotopic (exact) mass is 184 g/mol. The second-order valence-electron chi connectivity index (χ2n) is 4.04. The molecule has 1 unspecified atom stereocenters. The largest absolute Gasteiger partial charge is 0.396 e. The highest BCUT2D eigenvalue weighted by molar-refractivity contribution is 5.88. The van der Waals surface area contributed by atoms with Crippen LogP contribution in [0.25, 0.3) is 0 Å². The maximum absolute atomic E-state index is 11.3. The summed E-state index contributed by atoms with van der Waals surface area (Å²) < 4.78 is 0. The number of rotatable bonds is 2. The van der Waals surface area contributed by atoms with Gasteiger partial charge in [-0.1, -0.05) is 6.42 Å². The first-order chi connectivity index (χ1) is 6.24. The first kappa shape index (κ1) is 8.97. The van der Waals surface area contributed by atoms with Gasteiger partial charge in [-0.3, -0.25) is 4.79 Å². The molecule has 4 heteroatoms. The van der Waals surface area contributed by atoms with Gasteiger partial charge in [0, 0.05) is 25.1 Å². The summed E-state index contributed by atoms with van der Waals surface area (Å²) in [5, 5.41) is 9.09. The standard InChI is InChI=1S/C9H16N2O2/c10-7-4-11(9(7)13)8-3-1-2-6(8)5-12/h6-8,12H,1-5,10H2/t6-,7?,8-/m1/s1. The minimum atomic E-state index is -0.278. The number of nitrogens with zero attached hydrogens (tertiary/aromatic N) is 1. The van der Waals surface area contributed by atoms with Crippen LogP contribution in [0.1, 0.15) is 19.3 Å². The zero-order chi connectivity index (χ0) is 9.42. The van der Waals surface area contributed by atoms with E-state index in [1.807, 2.05) is 4.90 Å². The number of carbonyl (C=O) groups is 1. The molecule has 0 aromatic carbocycles. The predicted molar refractivity (Wildman–Crippen MR) is 47.9 cm³/mol. The van der Waals surface area contributed by atoms with Crippen LogP contribution in [0.3, 0.4) is 0 Å². The Morgan fingerprint density at radius 2 is 2.31 bits per heavy atom. The molecule has 1 heterocycles. The van der Waals surface area contributed by atoms with Gasteiger partial charge in [0.25, 0.3) is 0 Å². The molecular weight excluding hydrogens is 168 g/mol. The van der Waals surface area contributed by atoms with Crippen LogP contribution in [0.15, 0.2) is 0 Å². The fraction of sp³-hybridized carbons (Fsp3) is 0.889. The molecule has 4 nitrogen and oxygen atoms in total. The molecule has 0 radical (unpaired) electrons. The molecule has 1 saturated heterocycles. The summed E-state index contributed by atoms with van der Waals surface area (Å²) in [5.41, 5.74) is 5.51. The lowest BCUT2D eigenvalue weighted by Gasteiger charge is -2.42. The third kappa shape index (κ3) is 1.34. The molecule has 3 atom stereocenters. The molecule has 74 valence electrons. The Kier molecular flexibility index (Phi) is 2.26. The summed E-state index contributed by atoms with van der Waals surface area (Å²) in [5.74, 6) is 0.349. The summed E-state index contributed by atoms with van der Waals surface area (Å²) in [4.78, 5) is 13.2. The van der Waals surface area contributed by atoms with Crippen LogP contribution in [0.5, 0.6) is 0 Å². The number of nitrogens with two attached hydrogens (primary N) is 1. The zero-order valence-corrected chi connectivity index (χ0v) is 7.65. The van der Waals surface area contributed by atoms with Gasteiger partial charge in [0.1, 0.15) is 6.04 Å². The Morgan fingerprint density at radius 3 is 2.85 bits per heavy atom. The number of hydrogen-bond acceptors (Lipinski definition) is 3. The number of amides is 1. The molecule has 13 heavy (non-hydrogen) atoms. The van der Waals surface area contributed by atoms with Crippen LogP contribution in [-0.2, 0) is 4.79 Å². The Morgan fingerprint density at radius 1 is 1.54 bits per heavy atom. The number of likely N-dealkylation sites (tertiary alicyclic amines) is 1. The number of aliphatic hydroxyl groups is 1. The predicted octanol–water partition coefficient (Wildman–Crippen LogP) is -0.683. The number of hydrogen-bond donors (Lipinski definition) is 2. The first-order valence-corrected chi connectivity index (χ1v) is 4.91. The molecule has 1 aliphatic carbocycles. The highest BCUT2D eigenvalue weighted by Crippen LogP contribution is 2.32. The summed E-state index contributed by atoms with van der Waals surface area (Å²) in [6.07, 6.45) is 3.19. The second-order valence-corrected chi connectivity index (χ2v) is 4.04. The Balaban J connectivity index is 1.97. The van der Waals surface area contributed by atoms with Crippen LogP contribution < -0.4 is 5.73 Å². The summed E-state index contributed by atoms with van der Waals surface area (Å²) >= 11 is 0. The molecule has 1 saturated carbocycles. The Labute approximate surface area is 77.7 Å².